The highest BCUT2D eigenvalue weighted by molar-refractivity contribution is 14.1. The number of benzene rings is 1. The van der Waals surface area contributed by atoms with E-state index in [1.807, 2.05) is 50.4 Å². The second-order valence-corrected chi connectivity index (χ2v) is 9.47. The second kappa shape index (κ2) is 9.19. The number of amides is 1. The van der Waals surface area contributed by atoms with E-state index < -0.39 is 0 Å². The van der Waals surface area contributed by atoms with Gasteiger partial charge in [0.1, 0.15) is 0 Å². The van der Waals surface area contributed by atoms with Gasteiger partial charge in [0.25, 0.3) is 0 Å². The highest BCUT2D eigenvalue weighted by Crippen LogP contribution is 2.45. The number of nitrogens with zero attached hydrogens (tertiary/aromatic N) is 2. The molecule has 2 unspecified atom stereocenters. The first-order valence-corrected chi connectivity index (χ1v) is 12.1. The zero-order valence-corrected chi connectivity index (χ0v) is 21.5. The van der Waals surface area contributed by atoms with E-state index in [-0.39, 0.29) is 18.0 Å². The summed E-state index contributed by atoms with van der Waals surface area (Å²) in [7, 11) is 0. The van der Waals surface area contributed by atoms with Crippen molar-refractivity contribution in [1.29, 1.82) is 0 Å². The van der Waals surface area contributed by atoms with Crippen LogP contribution in [-0.2, 0) is 4.79 Å². The van der Waals surface area contributed by atoms with Crippen molar-refractivity contribution < 1.29 is 4.79 Å². The van der Waals surface area contributed by atoms with Crippen molar-refractivity contribution in [2.24, 2.45) is 0 Å². The number of hydrogen-bond donors (Lipinski definition) is 3. The van der Waals surface area contributed by atoms with Crippen LogP contribution in [0.1, 0.15) is 53.6 Å². The zero-order valence-electron chi connectivity index (χ0n) is 18.5. The number of halogens is 1. The van der Waals surface area contributed by atoms with Crippen LogP contribution in [0.5, 0.6) is 0 Å². The molecule has 0 aliphatic carbocycles. The zero-order chi connectivity index (χ0) is 23.0. The van der Waals surface area contributed by atoms with Gasteiger partial charge in [-0.1, -0.05) is 13.0 Å². The Morgan fingerprint density at radius 3 is 2.59 bits per heavy atom. The summed E-state index contributed by atoms with van der Waals surface area (Å²) >= 11 is 8.25. The van der Waals surface area contributed by atoms with E-state index in [9.17, 15) is 4.79 Å². The number of aryl methyl sites for hydroxylation is 3. The molecular weight excluding hydrogens is 533 g/mol. The van der Waals surface area contributed by atoms with E-state index in [0.717, 1.165) is 34.0 Å². The number of aromatic amines is 1. The number of carbonyl (C=O) groups is 1. The average Bonchev–Trinajstić information content (AvgIpc) is 3.24. The first-order chi connectivity index (χ1) is 15.3. The average molecular weight is 559 g/mol. The lowest BCUT2D eigenvalue weighted by Crippen LogP contribution is -2.30. The minimum absolute atomic E-state index is 0.000258. The first-order valence-electron chi connectivity index (χ1n) is 10.6. The lowest BCUT2D eigenvalue weighted by atomic mass is 9.96. The van der Waals surface area contributed by atoms with E-state index in [1.54, 1.807) is 0 Å². The molecule has 6 nitrogen and oxygen atoms in total. The van der Waals surface area contributed by atoms with Gasteiger partial charge in [0, 0.05) is 44.5 Å². The Balaban J connectivity index is 1.82. The van der Waals surface area contributed by atoms with E-state index in [1.165, 1.54) is 9.13 Å². The molecule has 1 aliphatic heterocycles. The number of pyridine rings is 1. The molecule has 8 heteroatoms. The number of thiocarbonyl (C=S) groups is 1. The lowest BCUT2D eigenvalue weighted by molar-refractivity contribution is -0.115. The summed E-state index contributed by atoms with van der Waals surface area (Å²) in [6.45, 7) is 8.04. The first kappa shape index (κ1) is 22.7. The molecule has 0 spiro atoms. The molecule has 2 atom stereocenters. The van der Waals surface area contributed by atoms with Crippen LogP contribution in [0.4, 0.5) is 11.4 Å². The summed E-state index contributed by atoms with van der Waals surface area (Å²) in [6, 6.07) is 11.8. The maximum absolute atomic E-state index is 11.9. The second-order valence-electron chi connectivity index (χ2n) is 8.00. The third-order valence-corrected chi connectivity index (χ3v) is 7.53. The quantitative estimate of drug-likeness (QED) is 0.286. The molecule has 4 rings (SSSR count). The van der Waals surface area contributed by atoms with Gasteiger partial charge in [0.05, 0.1) is 17.8 Å². The van der Waals surface area contributed by atoms with Crippen LogP contribution in [-0.4, -0.2) is 21.0 Å². The van der Waals surface area contributed by atoms with Gasteiger partial charge in [-0.3, -0.25) is 9.78 Å². The van der Waals surface area contributed by atoms with Crippen molar-refractivity contribution in [1.82, 2.24) is 15.3 Å². The van der Waals surface area contributed by atoms with Crippen molar-refractivity contribution in [2.45, 2.75) is 46.2 Å². The molecular formula is C24H26IN5OS. The van der Waals surface area contributed by atoms with Crippen LogP contribution in [0.25, 0.3) is 0 Å². The topological polar surface area (TPSA) is 73.1 Å². The Bertz CT molecular complexity index is 1180. The van der Waals surface area contributed by atoms with E-state index in [2.05, 4.69) is 68.0 Å². The predicted octanol–water partition coefficient (Wildman–Crippen LogP) is 5.47. The summed E-state index contributed by atoms with van der Waals surface area (Å²) in [5.74, 6) is 0.000258. The standard InChI is InChI=1S/C24H26IN5OS/c1-5-19(31)28-17-10-9-16(12-13(17)2)30-23(20-14(3)27-15(4)21(20)25)22(29-24(30)32)18-8-6-7-11-26-18/h6-12,22-23,27H,5H2,1-4H3,(H,28,31)(H,29,32). The van der Waals surface area contributed by atoms with Crippen molar-refractivity contribution in [3.63, 3.8) is 0 Å². The summed E-state index contributed by atoms with van der Waals surface area (Å²) in [6.07, 6.45) is 2.26. The molecule has 1 aromatic carbocycles. The Morgan fingerprint density at radius 1 is 1.22 bits per heavy atom. The monoisotopic (exact) mass is 559 g/mol. The Morgan fingerprint density at radius 2 is 2.00 bits per heavy atom. The fourth-order valence-corrected chi connectivity index (χ4v) is 5.43. The molecule has 3 aromatic rings. The number of nitrogens with one attached hydrogen (secondary N) is 3. The van der Waals surface area contributed by atoms with Crippen molar-refractivity contribution in [2.75, 3.05) is 10.2 Å². The SMILES string of the molecule is CCC(=O)Nc1ccc(N2C(=S)NC(c3ccccn3)C2c2c(C)[nH]c(C)c2I)cc1C. The maximum Gasteiger partial charge on any atom is 0.224 e. The molecule has 1 fully saturated rings. The van der Waals surface area contributed by atoms with Gasteiger partial charge in [-0.2, -0.15) is 0 Å². The molecule has 32 heavy (non-hydrogen) atoms. The molecule has 0 bridgehead atoms. The molecule has 1 amide bonds. The van der Waals surface area contributed by atoms with Crippen molar-refractivity contribution in [3.8, 4) is 0 Å². The number of carbonyl (C=O) groups excluding carboxylic acids is 1. The Hall–Kier alpha value is -2.46. The lowest BCUT2D eigenvalue weighted by Gasteiger charge is -2.29. The molecule has 0 radical (unpaired) electrons. The molecule has 1 aliphatic rings. The number of aromatic nitrogens is 2. The van der Waals surface area contributed by atoms with Gasteiger partial charge >= 0.3 is 0 Å². The molecule has 3 heterocycles. The largest absolute Gasteiger partial charge is 0.362 e. The van der Waals surface area contributed by atoms with Crippen LogP contribution in [0.3, 0.4) is 0 Å². The minimum Gasteiger partial charge on any atom is -0.362 e. The smallest absolute Gasteiger partial charge is 0.224 e. The van der Waals surface area contributed by atoms with E-state index >= 15 is 0 Å². The van der Waals surface area contributed by atoms with Gasteiger partial charge in [-0.25, -0.2) is 0 Å². The van der Waals surface area contributed by atoms with E-state index in [4.69, 9.17) is 12.2 Å². The van der Waals surface area contributed by atoms with Crippen molar-refractivity contribution >= 4 is 57.2 Å². The number of anilines is 2. The van der Waals surface area contributed by atoms with Gasteiger partial charge in [-0.05, 0) is 91.5 Å². The normalized spacial score (nSPS) is 18.0. The highest BCUT2D eigenvalue weighted by Gasteiger charge is 2.43. The third-order valence-electron chi connectivity index (χ3n) is 5.82. The summed E-state index contributed by atoms with van der Waals surface area (Å²) in [4.78, 5) is 22.2. The van der Waals surface area contributed by atoms with Gasteiger partial charge < -0.3 is 20.5 Å². The van der Waals surface area contributed by atoms with Crippen molar-refractivity contribution in [3.05, 3.63) is 74.4 Å². The van der Waals surface area contributed by atoms with Gasteiger partial charge in [-0.15, -0.1) is 0 Å². The number of rotatable bonds is 5. The molecule has 1 saturated heterocycles. The summed E-state index contributed by atoms with van der Waals surface area (Å²) in [5, 5.41) is 7.14. The minimum atomic E-state index is -0.0918. The van der Waals surface area contributed by atoms with Crippen LogP contribution >= 0.6 is 34.8 Å². The van der Waals surface area contributed by atoms with Crippen LogP contribution in [0.2, 0.25) is 0 Å². The van der Waals surface area contributed by atoms with Crippen LogP contribution < -0.4 is 15.5 Å². The molecule has 0 saturated carbocycles. The Labute approximate surface area is 207 Å². The maximum atomic E-state index is 11.9. The summed E-state index contributed by atoms with van der Waals surface area (Å²) < 4.78 is 1.20. The highest BCUT2D eigenvalue weighted by atomic mass is 127. The van der Waals surface area contributed by atoms with E-state index in [0.29, 0.717) is 11.5 Å². The molecule has 3 N–H and O–H groups in total. The van der Waals surface area contributed by atoms with Crippen LogP contribution in [0, 0.1) is 24.3 Å². The van der Waals surface area contributed by atoms with Crippen LogP contribution in [0.15, 0.2) is 42.6 Å². The Kier molecular flexibility index (Phi) is 6.52. The molecule has 166 valence electrons. The van der Waals surface area contributed by atoms with Gasteiger partial charge in [0.15, 0.2) is 5.11 Å². The predicted molar refractivity (Wildman–Crippen MR) is 141 cm³/mol. The fourth-order valence-electron chi connectivity index (χ4n) is 4.22. The molecule has 2 aromatic heterocycles. The summed E-state index contributed by atoms with van der Waals surface area (Å²) in [5.41, 5.74) is 7.21. The number of hydrogen-bond acceptors (Lipinski definition) is 3. The van der Waals surface area contributed by atoms with Gasteiger partial charge in [0.2, 0.25) is 5.91 Å². The third kappa shape index (κ3) is 4.13. The fraction of sp³-hybridized carbons (Fsp3) is 0.292. The number of H-pyrrole nitrogens is 1.